The molecule has 2 rings (SSSR count). The van der Waals surface area contributed by atoms with Gasteiger partial charge in [-0.05, 0) is 37.4 Å². The van der Waals surface area contributed by atoms with Crippen molar-refractivity contribution in [3.8, 4) is 0 Å². The number of rotatable bonds is 3. The first-order valence-electron chi connectivity index (χ1n) is 6.09. The van der Waals surface area contributed by atoms with Gasteiger partial charge in [0, 0.05) is 12.2 Å². The van der Waals surface area contributed by atoms with E-state index < -0.39 is 17.8 Å². The predicted octanol–water partition coefficient (Wildman–Crippen LogP) is 2.08. The maximum absolute atomic E-state index is 13.1. The van der Waals surface area contributed by atoms with E-state index in [1.165, 1.54) is 6.07 Å². The van der Waals surface area contributed by atoms with E-state index in [0.29, 0.717) is 0 Å². The number of hydrogen-bond acceptors (Lipinski definition) is 3. The van der Waals surface area contributed by atoms with Crippen LogP contribution in [0.5, 0.6) is 0 Å². The molecule has 0 saturated carbocycles. The molecule has 18 heavy (non-hydrogen) atoms. The molecule has 98 valence electrons. The second-order valence-corrected chi connectivity index (χ2v) is 4.90. The van der Waals surface area contributed by atoms with Crippen molar-refractivity contribution in [1.82, 2.24) is 9.88 Å². The molecule has 2 heterocycles. The molecule has 1 aliphatic heterocycles. The van der Waals surface area contributed by atoms with Gasteiger partial charge in [-0.3, -0.25) is 14.7 Å². The summed E-state index contributed by atoms with van der Waals surface area (Å²) in [7, 11) is 0. The van der Waals surface area contributed by atoms with Gasteiger partial charge in [-0.1, -0.05) is 6.92 Å². The van der Waals surface area contributed by atoms with Gasteiger partial charge in [0.25, 0.3) is 0 Å². The van der Waals surface area contributed by atoms with Gasteiger partial charge >= 0.3 is 5.97 Å². The average Bonchev–Trinajstić information content (AvgIpc) is 2.70. The van der Waals surface area contributed by atoms with Gasteiger partial charge in [0.2, 0.25) is 0 Å². The lowest BCUT2D eigenvalue weighted by Gasteiger charge is -2.29. The lowest BCUT2D eigenvalue weighted by atomic mass is 10.0. The first-order valence-corrected chi connectivity index (χ1v) is 6.09. The average molecular weight is 252 g/mol. The summed E-state index contributed by atoms with van der Waals surface area (Å²) in [5.41, 5.74) is 0.718. The molecular weight excluding hydrogens is 235 g/mol. The summed E-state index contributed by atoms with van der Waals surface area (Å²) < 4.78 is 13.1. The van der Waals surface area contributed by atoms with Gasteiger partial charge in [-0.25, -0.2) is 4.39 Å². The summed E-state index contributed by atoms with van der Waals surface area (Å²) in [6, 6.07) is 0.780. The third kappa shape index (κ3) is 2.36. The first kappa shape index (κ1) is 13.0. The third-order valence-electron chi connectivity index (χ3n) is 3.70. The molecule has 1 aromatic heterocycles. The van der Waals surface area contributed by atoms with E-state index in [1.807, 2.05) is 18.7 Å². The van der Waals surface area contributed by atoms with Crippen LogP contribution in [0.1, 0.15) is 31.9 Å². The molecule has 1 aliphatic rings. The van der Waals surface area contributed by atoms with E-state index in [4.69, 9.17) is 0 Å². The molecule has 1 aromatic rings. The molecule has 3 unspecified atom stereocenters. The number of likely N-dealkylation sites (tertiary alicyclic amines) is 1. The van der Waals surface area contributed by atoms with Gasteiger partial charge in [0.05, 0.1) is 6.20 Å². The fourth-order valence-corrected chi connectivity index (χ4v) is 2.64. The van der Waals surface area contributed by atoms with Crippen LogP contribution in [0.2, 0.25) is 0 Å². The van der Waals surface area contributed by atoms with Crippen LogP contribution in [0, 0.1) is 11.7 Å². The largest absolute Gasteiger partial charge is 0.480 e. The quantitative estimate of drug-likeness (QED) is 0.894. The van der Waals surface area contributed by atoms with Crippen LogP contribution >= 0.6 is 0 Å². The Morgan fingerprint density at radius 2 is 2.33 bits per heavy atom. The van der Waals surface area contributed by atoms with Gasteiger partial charge in [0.1, 0.15) is 11.9 Å². The van der Waals surface area contributed by atoms with Crippen molar-refractivity contribution >= 4 is 5.97 Å². The standard InChI is InChI=1S/C13H17FN2O2/c1-8-3-4-16(12(8)13(17)18)9(2)10-5-11(14)7-15-6-10/h5-9,12H,3-4H2,1-2H3,(H,17,18). The highest BCUT2D eigenvalue weighted by Gasteiger charge is 2.39. The van der Waals surface area contributed by atoms with E-state index in [9.17, 15) is 14.3 Å². The molecule has 4 nitrogen and oxygen atoms in total. The zero-order chi connectivity index (χ0) is 13.3. The molecule has 0 spiro atoms. The molecule has 0 radical (unpaired) electrons. The van der Waals surface area contributed by atoms with Gasteiger partial charge < -0.3 is 5.11 Å². The second-order valence-electron chi connectivity index (χ2n) is 4.90. The van der Waals surface area contributed by atoms with Crippen LogP contribution in [0.4, 0.5) is 4.39 Å². The molecule has 0 bridgehead atoms. The lowest BCUT2D eigenvalue weighted by Crippen LogP contribution is -2.40. The summed E-state index contributed by atoms with van der Waals surface area (Å²) in [5.74, 6) is -1.08. The fourth-order valence-electron chi connectivity index (χ4n) is 2.64. The SMILES string of the molecule is CC1CCN(C(C)c2cncc(F)c2)C1C(=O)O. The molecule has 1 N–H and O–H groups in total. The molecule has 3 atom stereocenters. The van der Waals surface area contributed by atoms with E-state index in [0.717, 1.165) is 24.7 Å². The van der Waals surface area contributed by atoms with E-state index in [2.05, 4.69) is 4.98 Å². The van der Waals surface area contributed by atoms with Crippen molar-refractivity contribution in [2.75, 3.05) is 6.54 Å². The highest BCUT2D eigenvalue weighted by Crippen LogP contribution is 2.32. The molecule has 1 saturated heterocycles. The minimum atomic E-state index is -0.809. The minimum absolute atomic E-state index is 0.117. The highest BCUT2D eigenvalue weighted by atomic mass is 19.1. The third-order valence-corrected chi connectivity index (χ3v) is 3.70. The lowest BCUT2D eigenvalue weighted by molar-refractivity contribution is -0.144. The van der Waals surface area contributed by atoms with Crippen LogP contribution in [0.25, 0.3) is 0 Å². The van der Waals surface area contributed by atoms with Crippen molar-refractivity contribution in [3.05, 3.63) is 29.8 Å². The maximum Gasteiger partial charge on any atom is 0.321 e. The summed E-state index contributed by atoms with van der Waals surface area (Å²) in [6.45, 7) is 4.55. The van der Waals surface area contributed by atoms with E-state index >= 15 is 0 Å². The zero-order valence-electron chi connectivity index (χ0n) is 10.5. The zero-order valence-corrected chi connectivity index (χ0v) is 10.5. The second kappa shape index (κ2) is 5.02. The van der Waals surface area contributed by atoms with E-state index in [-0.39, 0.29) is 12.0 Å². The Bertz CT molecular complexity index is 452. The highest BCUT2D eigenvalue weighted by molar-refractivity contribution is 5.74. The number of carboxylic acids is 1. The topological polar surface area (TPSA) is 53.4 Å². The Hall–Kier alpha value is -1.49. The monoisotopic (exact) mass is 252 g/mol. The van der Waals surface area contributed by atoms with Gasteiger partial charge in [-0.15, -0.1) is 0 Å². The number of nitrogens with zero attached hydrogens (tertiary/aromatic N) is 2. The van der Waals surface area contributed by atoms with Crippen molar-refractivity contribution in [2.45, 2.75) is 32.4 Å². The normalized spacial score (nSPS) is 26.2. The first-order chi connectivity index (χ1) is 8.50. The van der Waals surface area contributed by atoms with Crippen LogP contribution in [0.15, 0.2) is 18.5 Å². The number of halogens is 1. The molecular formula is C13H17FN2O2. The Labute approximate surface area is 105 Å². The number of aromatic nitrogens is 1. The number of hydrogen-bond donors (Lipinski definition) is 1. The Morgan fingerprint density at radius 1 is 1.61 bits per heavy atom. The summed E-state index contributed by atoms with van der Waals surface area (Å²) in [5, 5.41) is 9.27. The summed E-state index contributed by atoms with van der Waals surface area (Å²) in [4.78, 5) is 17.0. The van der Waals surface area contributed by atoms with E-state index in [1.54, 1.807) is 6.20 Å². The fraction of sp³-hybridized carbons (Fsp3) is 0.538. The van der Waals surface area contributed by atoms with Crippen LogP contribution in [-0.2, 0) is 4.79 Å². The number of carbonyl (C=O) groups is 1. The predicted molar refractivity (Wildman–Crippen MR) is 64.5 cm³/mol. The number of carboxylic acid groups (broad SMARTS) is 1. The minimum Gasteiger partial charge on any atom is -0.480 e. The summed E-state index contributed by atoms with van der Waals surface area (Å²) in [6.07, 6.45) is 3.59. The van der Waals surface area contributed by atoms with Gasteiger partial charge in [0.15, 0.2) is 0 Å². The van der Waals surface area contributed by atoms with Crippen molar-refractivity contribution in [3.63, 3.8) is 0 Å². The van der Waals surface area contributed by atoms with Crippen LogP contribution in [0.3, 0.4) is 0 Å². The van der Waals surface area contributed by atoms with Crippen molar-refractivity contribution in [2.24, 2.45) is 5.92 Å². The maximum atomic E-state index is 13.1. The molecule has 0 aliphatic carbocycles. The Kier molecular flexibility index (Phi) is 3.61. The number of aliphatic carboxylic acids is 1. The molecule has 5 heteroatoms. The van der Waals surface area contributed by atoms with Crippen molar-refractivity contribution < 1.29 is 14.3 Å². The van der Waals surface area contributed by atoms with Crippen LogP contribution in [-0.4, -0.2) is 33.5 Å². The Balaban J connectivity index is 2.23. The molecule has 1 fully saturated rings. The number of pyridine rings is 1. The molecule has 0 amide bonds. The molecule has 0 aromatic carbocycles. The smallest absolute Gasteiger partial charge is 0.321 e. The van der Waals surface area contributed by atoms with Crippen LogP contribution < -0.4 is 0 Å². The Morgan fingerprint density at radius 3 is 2.94 bits per heavy atom. The van der Waals surface area contributed by atoms with Crippen molar-refractivity contribution in [1.29, 1.82) is 0 Å². The summed E-state index contributed by atoms with van der Waals surface area (Å²) >= 11 is 0. The van der Waals surface area contributed by atoms with Gasteiger partial charge in [-0.2, -0.15) is 0 Å².